The van der Waals surface area contributed by atoms with Crippen molar-refractivity contribution in [2.45, 2.75) is 13.8 Å². The van der Waals surface area contributed by atoms with Crippen LogP contribution in [0.4, 0.5) is 4.39 Å². The van der Waals surface area contributed by atoms with Crippen LogP contribution in [0.1, 0.15) is 13.8 Å². The third-order valence-electron chi connectivity index (χ3n) is 1.47. The van der Waals surface area contributed by atoms with Gasteiger partial charge in [-0.15, -0.1) is 0 Å². The molecule has 0 N–H and O–H groups in total. The minimum absolute atomic E-state index is 0.221. The van der Waals surface area contributed by atoms with E-state index in [1.54, 1.807) is 6.07 Å². The fourth-order valence-corrected chi connectivity index (χ4v) is 1.48. The summed E-state index contributed by atoms with van der Waals surface area (Å²) in [6.07, 6.45) is 0. The van der Waals surface area contributed by atoms with Gasteiger partial charge in [0.25, 0.3) is 0 Å². The molecule has 0 unspecified atom stereocenters. The van der Waals surface area contributed by atoms with Crippen molar-refractivity contribution in [3.63, 3.8) is 0 Å². The van der Waals surface area contributed by atoms with Gasteiger partial charge in [0.2, 0.25) is 0 Å². The zero-order valence-corrected chi connectivity index (χ0v) is 9.84. The van der Waals surface area contributed by atoms with E-state index in [-0.39, 0.29) is 5.82 Å². The second-order valence-corrected chi connectivity index (χ2v) is 4.44. The Hall–Kier alpha value is -0.320. The number of hydrogen-bond acceptors (Lipinski definition) is 1. The first-order chi connectivity index (χ1) is 6.09. The Balaban J connectivity index is 2.67. The molecule has 0 amide bonds. The van der Waals surface area contributed by atoms with Crippen LogP contribution >= 0.6 is 22.6 Å². The highest BCUT2D eigenvalue weighted by atomic mass is 127. The van der Waals surface area contributed by atoms with Gasteiger partial charge in [0.05, 0.1) is 10.2 Å². The predicted molar refractivity (Wildman–Crippen MR) is 59.5 cm³/mol. The summed E-state index contributed by atoms with van der Waals surface area (Å²) in [4.78, 5) is 0. The van der Waals surface area contributed by atoms with Gasteiger partial charge in [-0.2, -0.15) is 0 Å². The first-order valence-electron chi connectivity index (χ1n) is 4.17. The maximum atomic E-state index is 12.7. The Morgan fingerprint density at radius 1 is 1.46 bits per heavy atom. The molecule has 1 aromatic carbocycles. The summed E-state index contributed by atoms with van der Waals surface area (Å²) in [6.45, 7) is 4.83. The third-order valence-corrected chi connectivity index (χ3v) is 2.31. The SMILES string of the molecule is CC(C)COc1ccc(F)cc1I. The van der Waals surface area contributed by atoms with Gasteiger partial charge >= 0.3 is 0 Å². The van der Waals surface area contributed by atoms with Crippen LogP contribution < -0.4 is 4.74 Å². The van der Waals surface area contributed by atoms with E-state index in [1.807, 2.05) is 0 Å². The van der Waals surface area contributed by atoms with Crippen LogP contribution in [-0.4, -0.2) is 6.61 Å². The van der Waals surface area contributed by atoms with E-state index in [1.165, 1.54) is 12.1 Å². The van der Waals surface area contributed by atoms with E-state index >= 15 is 0 Å². The summed E-state index contributed by atoms with van der Waals surface area (Å²) in [7, 11) is 0. The monoisotopic (exact) mass is 294 g/mol. The van der Waals surface area contributed by atoms with E-state index in [9.17, 15) is 4.39 Å². The molecule has 0 heterocycles. The van der Waals surface area contributed by atoms with Crippen LogP contribution in [0.3, 0.4) is 0 Å². The van der Waals surface area contributed by atoms with Gasteiger partial charge < -0.3 is 4.74 Å². The molecule has 0 aliphatic heterocycles. The lowest BCUT2D eigenvalue weighted by atomic mass is 10.2. The first-order valence-corrected chi connectivity index (χ1v) is 5.25. The van der Waals surface area contributed by atoms with Gasteiger partial charge in [-0.3, -0.25) is 0 Å². The van der Waals surface area contributed by atoms with Crippen LogP contribution in [-0.2, 0) is 0 Å². The van der Waals surface area contributed by atoms with Gasteiger partial charge in [0.15, 0.2) is 0 Å². The van der Waals surface area contributed by atoms with Crippen LogP contribution in [0.15, 0.2) is 18.2 Å². The van der Waals surface area contributed by atoms with Gasteiger partial charge in [-0.1, -0.05) is 13.8 Å². The molecule has 0 bridgehead atoms. The normalized spacial score (nSPS) is 10.5. The molecule has 1 rings (SSSR count). The molecule has 13 heavy (non-hydrogen) atoms. The summed E-state index contributed by atoms with van der Waals surface area (Å²) in [5.74, 6) is 1.03. The van der Waals surface area contributed by atoms with Crippen molar-refractivity contribution in [1.82, 2.24) is 0 Å². The molecular weight excluding hydrogens is 282 g/mol. The molecule has 72 valence electrons. The van der Waals surface area contributed by atoms with Crippen LogP contribution in [0.25, 0.3) is 0 Å². The summed E-state index contributed by atoms with van der Waals surface area (Å²) in [6, 6.07) is 4.55. The van der Waals surface area contributed by atoms with Crippen molar-refractivity contribution in [3.05, 3.63) is 27.6 Å². The molecule has 0 aliphatic carbocycles. The molecule has 0 spiro atoms. The van der Waals surface area contributed by atoms with E-state index < -0.39 is 0 Å². The molecule has 0 saturated heterocycles. The second kappa shape index (κ2) is 4.79. The third kappa shape index (κ3) is 3.50. The molecule has 0 saturated carbocycles. The lowest BCUT2D eigenvalue weighted by molar-refractivity contribution is 0.269. The maximum absolute atomic E-state index is 12.7. The standard InChI is InChI=1S/C10H12FIO/c1-7(2)6-13-10-4-3-8(11)5-9(10)12/h3-5,7H,6H2,1-2H3. The van der Waals surface area contributed by atoms with E-state index in [0.717, 1.165) is 9.32 Å². The quantitative estimate of drug-likeness (QED) is 0.776. The molecule has 1 aromatic rings. The highest BCUT2D eigenvalue weighted by Crippen LogP contribution is 2.21. The fraction of sp³-hybridized carbons (Fsp3) is 0.400. The predicted octanol–water partition coefficient (Wildman–Crippen LogP) is 3.47. The molecule has 0 aromatic heterocycles. The number of ether oxygens (including phenoxy) is 1. The summed E-state index contributed by atoms with van der Waals surface area (Å²) in [5, 5.41) is 0. The molecule has 1 nitrogen and oxygen atoms in total. The zero-order valence-electron chi connectivity index (χ0n) is 7.68. The molecule has 0 atom stereocenters. The maximum Gasteiger partial charge on any atom is 0.132 e. The first kappa shape index (κ1) is 10.8. The van der Waals surface area contributed by atoms with Crippen molar-refractivity contribution in [1.29, 1.82) is 0 Å². The Bertz CT molecular complexity index is 286. The number of benzene rings is 1. The smallest absolute Gasteiger partial charge is 0.132 e. The molecule has 0 fully saturated rings. The highest BCUT2D eigenvalue weighted by Gasteiger charge is 2.03. The van der Waals surface area contributed by atoms with E-state index in [2.05, 4.69) is 36.4 Å². The van der Waals surface area contributed by atoms with Crippen molar-refractivity contribution < 1.29 is 9.13 Å². The van der Waals surface area contributed by atoms with Gasteiger partial charge in [-0.25, -0.2) is 4.39 Å². The average molecular weight is 294 g/mol. The van der Waals surface area contributed by atoms with Crippen LogP contribution in [0.5, 0.6) is 5.75 Å². The minimum atomic E-state index is -0.221. The van der Waals surface area contributed by atoms with Gasteiger partial charge in [-0.05, 0) is 46.7 Å². The lowest BCUT2D eigenvalue weighted by Gasteiger charge is -2.09. The number of hydrogen-bond donors (Lipinski definition) is 0. The molecule has 0 radical (unpaired) electrons. The topological polar surface area (TPSA) is 9.23 Å². The van der Waals surface area contributed by atoms with Crippen molar-refractivity contribution in [2.24, 2.45) is 5.92 Å². The largest absolute Gasteiger partial charge is 0.492 e. The summed E-state index contributed by atoms with van der Waals surface area (Å²) >= 11 is 2.07. The number of halogens is 2. The summed E-state index contributed by atoms with van der Waals surface area (Å²) in [5.41, 5.74) is 0. The molecule has 3 heteroatoms. The van der Waals surface area contributed by atoms with Crippen LogP contribution in [0.2, 0.25) is 0 Å². The average Bonchev–Trinajstić information content (AvgIpc) is 2.02. The minimum Gasteiger partial charge on any atom is -0.492 e. The Morgan fingerprint density at radius 3 is 2.69 bits per heavy atom. The van der Waals surface area contributed by atoms with Gasteiger partial charge in [0.1, 0.15) is 11.6 Å². The lowest BCUT2D eigenvalue weighted by Crippen LogP contribution is -2.05. The number of rotatable bonds is 3. The van der Waals surface area contributed by atoms with E-state index in [4.69, 9.17) is 4.74 Å². The zero-order chi connectivity index (χ0) is 9.84. The Morgan fingerprint density at radius 2 is 2.15 bits per heavy atom. The second-order valence-electron chi connectivity index (χ2n) is 3.28. The molecule has 0 aliphatic rings. The Kier molecular flexibility index (Phi) is 3.96. The highest BCUT2D eigenvalue weighted by molar-refractivity contribution is 14.1. The van der Waals surface area contributed by atoms with Crippen molar-refractivity contribution >= 4 is 22.6 Å². The molecular formula is C10H12FIO. The Labute approximate surface area is 91.4 Å². The van der Waals surface area contributed by atoms with Gasteiger partial charge in [0, 0.05) is 0 Å². The van der Waals surface area contributed by atoms with E-state index in [0.29, 0.717) is 12.5 Å². The van der Waals surface area contributed by atoms with Crippen LogP contribution in [0, 0.1) is 15.3 Å². The van der Waals surface area contributed by atoms with Crippen molar-refractivity contribution in [3.8, 4) is 5.75 Å². The van der Waals surface area contributed by atoms with Crippen molar-refractivity contribution in [2.75, 3.05) is 6.61 Å². The summed E-state index contributed by atoms with van der Waals surface area (Å²) < 4.78 is 19.0. The fourth-order valence-electron chi connectivity index (χ4n) is 0.849.